The molecule has 0 bridgehead atoms. The van der Waals surface area contributed by atoms with Crippen LogP contribution in [-0.2, 0) is 0 Å². The Morgan fingerprint density at radius 3 is 2.67 bits per heavy atom. The molecule has 1 aromatic rings. The van der Waals surface area contributed by atoms with Crippen molar-refractivity contribution < 1.29 is 5.11 Å². The summed E-state index contributed by atoms with van der Waals surface area (Å²) in [4.78, 5) is 0. The molecule has 0 fully saturated rings. The Bertz CT molecular complexity index is 317. The summed E-state index contributed by atoms with van der Waals surface area (Å²) in [6.45, 7) is 0.198. The van der Waals surface area contributed by atoms with E-state index < -0.39 is 0 Å². The van der Waals surface area contributed by atoms with E-state index in [1.165, 1.54) is 0 Å². The first-order chi connectivity index (χ1) is 7.19. The first kappa shape index (κ1) is 12.8. The first-order valence-corrected chi connectivity index (χ1v) is 5.67. The molecule has 1 aromatic carbocycles. The van der Waals surface area contributed by atoms with Crippen molar-refractivity contribution in [3.63, 3.8) is 0 Å². The van der Waals surface area contributed by atoms with Crippen LogP contribution in [0.4, 0.5) is 0 Å². The Morgan fingerprint density at radius 1 is 1.40 bits per heavy atom. The van der Waals surface area contributed by atoms with Crippen LogP contribution in [0.1, 0.15) is 24.4 Å². The third kappa shape index (κ3) is 3.65. The van der Waals surface area contributed by atoms with E-state index in [1.54, 1.807) is 6.07 Å². The Morgan fingerprint density at radius 2 is 2.13 bits per heavy atom. The highest BCUT2D eigenvalue weighted by Crippen LogP contribution is 2.28. The maximum absolute atomic E-state index is 8.79. The summed E-state index contributed by atoms with van der Waals surface area (Å²) in [5, 5.41) is 13.3. The molecule has 1 unspecified atom stereocenters. The van der Waals surface area contributed by atoms with Gasteiger partial charge in [0.1, 0.15) is 0 Å². The van der Waals surface area contributed by atoms with Crippen LogP contribution >= 0.6 is 23.2 Å². The number of aliphatic hydroxyl groups is 1. The summed E-state index contributed by atoms with van der Waals surface area (Å²) < 4.78 is 0. The lowest BCUT2D eigenvalue weighted by molar-refractivity contribution is 0.276. The molecule has 4 heteroatoms. The van der Waals surface area contributed by atoms with Crippen molar-refractivity contribution in [2.24, 2.45) is 0 Å². The lowest BCUT2D eigenvalue weighted by atomic mass is 10.0. The van der Waals surface area contributed by atoms with Crippen molar-refractivity contribution >= 4 is 23.2 Å². The van der Waals surface area contributed by atoms with Crippen LogP contribution in [0.15, 0.2) is 18.2 Å². The molecule has 0 spiro atoms. The number of nitrogens with one attached hydrogen (secondary N) is 1. The van der Waals surface area contributed by atoms with E-state index in [9.17, 15) is 0 Å². The van der Waals surface area contributed by atoms with Crippen LogP contribution in [0, 0.1) is 0 Å². The smallest absolute Gasteiger partial charge is 0.0468 e. The molecule has 0 amide bonds. The van der Waals surface area contributed by atoms with Gasteiger partial charge in [-0.25, -0.2) is 0 Å². The average Bonchev–Trinajstić information content (AvgIpc) is 2.21. The third-order valence-electron chi connectivity index (χ3n) is 2.34. The van der Waals surface area contributed by atoms with Gasteiger partial charge in [-0.15, -0.1) is 0 Å². The summed E-state index contributed by atoms with van der Waals surface area (Å²) in [5.74, 6) is 0. The Kier molecular flexibility index (Phi) is 5.40. The maximum atomic E-state index is 8.79. The summed E-state index contributed by atoms with van der Waals surface area (Å²) >= 11 is 11.9. The van der Waals surface area contributed by atoms with Crippen LogP contribution in [0.2, 0.25) is 10.0 Å². The molecule has 0 aliphatic carbocycles. The molecule has 84 valence electrons. The average molecular weight is 248 g/mol. The standard InChI is InChI=1S/C11H15Cl2NO/c1-14-11(3-2-6-15)9-5-4-8(12)7-10(9)13/h4-5,7,11,14-15H,2-3,6H2,1H3. The van der Waals surface area contributed by atoms with E-state index in [0.29, 0.717) is 10.0 Å². The highest BCUT2D eigenvalue weighted by molar-refractivity contribution is 6.35. The Balaban J connectivity index is 2.81. The third-order valence-corrected chi connectivity index (χ3v) is 2.90. The van der Waals surface area contributed by atoms with Gasteiger partial charge in [-0.2, -0.15) is 0 Å². The highest BCUT2D eigenvalue weighted by atomic mass is 35.5. The predicted molar refractivity (Wildman–Crippen MR) is 64.6 cm³/mol. The predicted octanol–water partition coefficient (Wildman–Crippen LogP) is 3.03. The van der Waals surface area contributed by atoms with Gasteiger partial charge in [0, 0.05) is 22.7 Å². The fraction of sp³-hybridized carbons (Fsp3) is 0.455. The zero-order chi connectivity index (χ0) is 11.3. The van der Waals surface area contributed by atoms with E-state index in [0.717, 1.165) is 18.4 Å². The van der Waals surface area contributed by atoms with Gasteiger partial charge in [-0.05, 0) is 37.6 Å². The molecule has 0 aliphatic rings. The minimum atomic E-state index is 0.168. The second-order valence-electron chi connectivity index (χ2n) is 3.37. The Labute approximate surface area is 100 Å². The van der Waals surface area contributed by atoms with Gasteiger partial charge in [-0.3, -0.25) is 0 Å². The van der Waals surface area contributed by atoms with Crippen molar-refractivity contribution in [3.05, 3.63) is 33.8 Å². The van der Waals surface area contributed by atoms with E-state index in [-0.39, 0.29) is 12.6 Å². The van der Waals surface area contributed by atoms with Gasteiger partial charge >= 0.3 is 0 Å². The maximum Gasteiger partial charge on any atom is 0.0468 e. The molecule has 0 saturated heterocycles. The molecule has 2 N–H and O–H groups in total. The van der Waals surface area contributed by atoms with E-state index in [2.05, 4.69) is 5.32 Å². The van der Waals surface area contributed by atoms with Gasteiger partial charge in [-0.1, -0.05) is 29.3 Å². The first-order valence-electron chi connectivity index (χ1n) is 4.92. The minimum Gasteiger partial charge on any atom is -0.396 e. The van der Waals surface area contributed by atoms with Crippen molar-refractivity contribution in [2.45, 2.75) is 18.9 Å². The van der Waals surface area contributed by atoms with Crippen LogP contribution in [0.25, 0.3) is 0 Å². The van der Waals surface area contributed by atoms with Crippen LogP contribution < -0.4 is 5.32 Å². The molecular formula is C11H15Cl2NO. The van der Waals surface area contributed by atoms with Crippen LogP contribution in [0.5, 0.6) is 0 Å². The molecular weight excluding hydrogens is 233 g/mol. The van der Waals surface area contributed by atoms with E-state index >= 15 is 0 Å². The molecule has 0 saturated carbocycles. The molecule has 2 nitrogen and oxygen atoms in total. The molecule has 0 heterocycles. The van der Waals surface area contributed by atoms with Gasteiger partial charge in [0.25, 0.3) is 0 Å². The van der Waals surface area contributed by atoms with E-state index in [1.807, 2.05) is 19.2 Å². The van der Waals surface area contributed by atoms with Crippen molar-refractivity contribution in [2.75, 3.05) is 13.7 Å². The fourth-order valence-electron chi connectivity index (χ4n) is 1.53. The lowest BCUT2D eigenvalue weighted by Gasteiger charge is -2.17. The topological polar surface area (TPSA) is 32.3 Å². The van der Waals surface area contributed by atoms with E-state index in [4.69, 9.17) is 28.3 Å². The number of aliphatic hydroxyl groups excluding tert-OH is 1. The lowest BCUT2D eigenvalue weighted by Crippen LogP contribution is -2.17. The number of benzene rings is 1. The summed E-state index contributed by atoms with van der Waals surface area (Å²) in [7, 11) is 1.88. The fourth-order valence-corrected chi connectivity index (χ4v) is 2.08. The van der Waals surface area contributed by atoms with Crippen LogP contribution in [0.3, 0.4) is 0 Å². The second kappa shape index (κ2) is 6.33. The van der Waals surface area contributed by atoms with Gasteiger partial charge in [0.2, 0.25) is 0 Å². The van der Waals surface area contributed by atoms with Crippen molar-refractivity contribution in [1.29, 1.82) is 0 Å². The van der Waals surface area contributed by atoms with Crippen molar-refractivity contribution in [1.82, 2.24) is 5.32 Å². The summed E-state index contributed by atoms with van der Waals surface area (Å²) in [5.41, 5.74) is 1.03. The van der Waals surface area contributed by atoms with Gasteiger partial charge < -0.3 is 10.4 Å². The highest BCUT2D eigenvalue weighted by Gasteiger charge is 2.12. The number of hydrogen-bond acceptors (Lipinski definition) is 2. The zero-order valence-corrected chi connectivity index (χ0v) is 10.1. The number of halogens is 2. The monoisotopic (exact) mass is 247 g/mol. The minimum absolute atomic E-state index is 0.168. The van der Waals surface area contributed by atoms with Gasteiger partial charge in [0.05, 0.1) is 0 Å². The summed E-state index contributed by atoms with van der Waals surface area (Å²) in [6.07, 6.45) is 1.61. The zero-order valence-electron chi connectivity index (χ0n) is 8.63. The molecule has 0 aromatic heterocycles. The molecule has 1 rings (SSSR count). The molecule has 0 aliphatic heterocycles. The quantitative estimate of drug-likeness (QED) is 0.839. The number of rotatable bonds is 5. The van der Waals surface area contributed by atoms with Gasteiger partial charge in [0.15, 0.2) is 0 Å². The Hall–Kier alpha value is -0.280. The SMILES string of the molecule is CNC(CCCO)c1ccc(Cl)cc1Cl. The normalized spacial score (nSPS) is 12.8. The summed E-state index contributed by atoms with van der Waals surface area (Å²) in [6, 6.07) is 5.65. The van der Waals surface area contributed by atoms with Crippen molar-refractivity contribution in [3.8, 4) is 0 Å². The largest absolute Gasteiger partial charge is 0.396 e. The second-order valence-corrected chi connectivity index (χ2v) is 4.22. The number of hydrogen-bond donors (Lipinski definition) is 2. The molecule has 1 atom stereocenters. The molecule has 0 radical (unpaired) electrons. The van der Waals surface area contributed by atoms with Crippen LogP contribution in [-0.4, -0.2) is 18.8 Å². The molecule has 15 heavy (non-hydrogen) atoms.